The molecule has 3 saturated heterocycles. The Balaban J connectivity index is 1.39. The second-order valence-electron chi connectivity index (χ2n) is 9.17. The average Bonchev–Trinajstić information content (AvgIpc) is 3.03. The highest BCUT2D eigenvalue weighted by molar-refractivity contribution is 5.79. The van der Waals surface area contributed by atoms with Crippen LogP contribution < -0.4 is 5.32 Å². The molecule has 32 heavy (non-hydrogen) atoms. The van der Waals surface area contributed by atoms with Gasteiger partial charge >= 0.3 is 5.91 Å². The fraction of sp³-hybridized carbons (Fsp3) is 0.423. The van der Waals surface area contributed by atoms with Gasteiger partial charge in [0.05, 0.1) is 17.6 Å². The number of nitrogens with zero attached hydrogens (tertiary/aromatic N) is 3. The highest BCUT2D eigenvalue weighted by atomic mass is 19.1. The normalized spacial score (nSPS) is 26.6. The SMILES string of the molecule is N#Cc1ccc2c(c1)CC[N+](C(=O)CN[C@@H]1CN3CCC1CC3)=C[C@H]2c1ccc(F)cc1. The fourth-order valence-corrected chi connectivity index (χ4v) is 5.43. The Morgan fingerprint density at radius 2 is 1.97 bits per heavy atom. The predicted octanol–water partition coefficient (Wildman–Crippen LogP) is 2.68. The first kappa shape index (κ1) is 21.0. The molecule has 0 radical (unpaired) electrons. The van der Waals surface area contributed by atoms with Crippen molar-refractivity contribution >= 4 is 12.1 Å². The molecule has 3 fully saturated rings. The summed E-state index contributed by atoms with van der Waals surface area (Å²) in [6.45, 7) is 4.28. The van der Waals surface area contributed by atoms with Gasteiger partial charge in [-0.25, -0.2) is 9.18 Å². The summed E-state index contributed by atoms with van der Waals surface area (Å²) in [6, 6.07) is 14.8. The minimum absolute atomic E-state index is 0.0573. The summed E-state index contributed by atoms with van der Waals surface area (Å²) in [6.07, 6.45) is 5.09. The molecule has 0 unspecified atom stereocenters. The van der Waals surface area contributed by atoms with E-state index in [9.17, 15) is 14.4 Å². The molecule has 2 atom stereocenters. The first-order valence-corrected chi connectivity index (χ1v) is 11.5. The van der Waals surface area contributed by atoms with Crippen LogP contribution in [0.15, 0.2) is 42.5 Å². The molecule has 2 aromatic carbocycles. The molecule has 6 heteroatoms. The van der Waals surface area contributed by atoms with Crippen molar-refractivity contribution in [3.63, 3.8) is 0 Å². The molecule has 1 amide bonds. The Hall–Kier alpha value is -2.88. The lowest BCUT2D eigenvalue weighted by atomic mass is 9.84. The van der Waals surface area contributed by atoms with Gasteiger partial charge in [-0.1, -0.05) is 18.2 Å². The number of hydrogen-bond donors (Lipinski definition) is 1. The van der Waals surface area contributed by atoms with E-state index in [0.717, 1.165) is 23.2 Å². The zero-order valence-electron chi connectivity index (χ0n) is 18.1. The Morgan fingerprint density at radius 1 is 1.19 bits per heavy atom. The number of nitriles is 1. The van der Waals surface area contributed by atoms with Crippen molar-refractivity contribution in [1.82, 2.24) is 10.2 Å². The summed E-state index contributed by atoms with van der Waals surface area (Å²) in [5.74, 6) is 0.280. The third-order valence-electron chi connectivity index (χ3n) is 7.28. The number of rotatable bonds is 4. The number of piperidine rings is 3. The van der Waals surface area contributed by atoms with Crippen LogP contribution >= 0.6 is 0 Å². The van der Waals surface area contributed by atoms with E-state index >= 15 is 0 Å². The highest BCUT2D eigenvalue weighted by Crippen LogP contribution is 2.30. The van der Waals surface area contributed by atoms with Gasteiger partial charge in [0, 0.05) is 19.0 Å². The van der Waals surface area contributed by atoms with Crippen molar-refractivity contribution in [2.45, 2.75) is 31.2 Å². The summed E-state index contributed by atoms with van der Waals surface area (Å²) >= 11 is 0. The predicted molar refractivity (Wildman–Crippen MR) is 120 cm³/mol. The number of fused-ring (bicyclic) bond motifs is 4. The fourth-order valence-electron chi connectivity index (χ4n) is 5.43. The van der Waals surface area contributed by atoms with Crippen LogP contribution in [0.3, 0.4) is 0 Å². The van der Waals surface area contributed by atoms with E-state index in [2.05, 4.69) is 16.3 Å². The van der Waals surface area contributed by atoms with Gasteiger partial charge in [0.25, 0.3) is 0 Å². The Kier molecular flexibility index (Phi) is 5.86. The maximum absolute atomic E-state index is 13.6. The zero-order chi connectivity index (χ0) is 22.1. The zero-order valence-corrected chi connectivity index (χ0v) is 18.1. The topological polar surface area (TPSA) is 59.1 Å². The van der Waals surface area contributed by atoms with Crippen molar-refractivity contribution in [2.75, 3.05) is 32.7 Å². The summed E-state index contributed by atoms with van der Waals surface area (Å²) < 4.78 is 15.4. The van der Waals surface area contributed by atoms with Crippen LogP contribution in [0.4, 0.5) is 4.39 Å². The molecule has 4 aliphatic heterocycles. The van der Waals surface area contributed by atoms with Gasteiger partial charge in [-0.2, -0.15) is 9.84 Å². The largest absolute Gasteiger partial charge is 0.400 e. The summed E-state index contributed by atoms with van der Waals surface area (Å²) in [5.41, 5.74) is 3.68. The van der Waals surface area contributed by atoms with E-state index in [1.807, 2.05) is 29.0 Å². The van der Waals surface area contributed by atoms with Gasteiger partial charge in [-0.15, -0.1) is 0 Å². The molecular formula is C26H28FN4O+. The van der Waals surface area contributed by atoms with E-state index in [1.54, 1.807) is 12.1 Å². The van der Waals surface area contributed by atoms with Crippen molar-refractivity contribution in [3.8, 4) is 6.07 Å². The minimum Gasteiger partial charge on any atom is -0.302 e. The molecular weight excluding hydrogens is 403 g/mol. The number of carbonyl (C=O) groups is 1. The maximum Gasteiger partial charge on any atom is 0.400 e. The molecule has 0 spiro atoms. The molecule has 164 valence electrons. The molecule has 2 aromatic rings. The van der Waals surface area contributed by atoms with Crippen LogP contribution in [0.2, 0.25) is 0 Å². The van der Waals surface area contributed by atoms with Crippen molar-refractivity contribution in [3.05, 3.63) is 70.5 Å². The number of nitrogens with one attached hydrogen (secondary N) is 1. The summed E-state index contributed by atoms with van der Waals surface area (Å²) in [4.78, 5) is 15.7. The Bertz CT molecular complexity index is 1080. The minimum atomic E-state index is -0.280. The van der Waals surface area contributed by atoms with Gasteiger partial charge in [0.1, 0.15) is 12.4 Å². The second kappa shape index (κ2) is 8.93. The molecule has 0 aromatic heterocycles. The smallest absolute Gasteiger partial charge is 0.302 e. The maximum atomic E-state index is 13.6. The van der Waals surface area contributed by atoms with Crippen molar-refractivity contribution < 1.29 is 13.8 Å². The quantitative estimate of drug-likeness (QED) is 0.757. The summed E-state index contributed by atoms with van der Waals surface area (Å²) in [5, 5.41) is 12.9. The first-order valence-electron chi connectivity index (χ1n) is 11.5. The number of amides is 1. The van der Waals surface area contributed by atoms with Gasteiger partial charge in [-0.05, 0) is 72.8 Å². The van der Waals surface area contributed by atoms with Gasteiger partial charge < -0.3 is 10.2 Å². The highest BCUT2D eigenvalue weighted by Gasteiger charge is 2.35. The molecule has 0 saturated carbocycles. The third-order valence-corrected chi connectivity index (χ3v) is 7.28. The number of carbonyl (C=O) groups excluding carboxylic acids is 1. The van der Waals surface area contributed by atoms with Gasteiger partial charge in [0.15, 0.2) is 12.8 Å². The molecule has 4 aliphatic rings. The lowest BCUT2D eigenvalue weighted by Crippen LogP contribution is -2.57. The van der Waals surface area contributed by atoms with Crippen LogP contribution in [0.25, 0.3) is 0 Å². The Morgan fingerprint density at radius 3 is 2.66 bits per heavy atom. The van der Waals surface area contributed by atoms with E-state index in [1.165, 1.54) is 38.1 Å². The number of halogens is 1. The van der Waals surface area contributed by atoms with Crippen LogP contribution in [0.1, 0.15) is 41.0 Å². The monoisotopic (exact) mass is 431 g/mol. The standard InChI is InChI=1S/C26H28FN4O/c27-22-4-2-19(3-5-22)24-16-31(12-9-21-13-18(14-28)1-6-23(21)24)26(32)15-29-25-17-30-10-7-20(25)8-11-30/h1-6,13,16,20,24-25,29H,7-12,15,17H2/q+1/t24-,25+/m0/s1. The van der Waals surface area contributed by atoms with Crippen LogP contribution in [0, 0.1) is 23.1 Å². The lowest BCUT2D eigenvalue weighted by Gasteiger charge is -2.44. The van der Waals surface area contributed by atoms with Gasteiger partial charge in [0.2, 0.25) is 0 Å². The number of benzene rings is 2. The first-order chi connectivity index (χ1) is 15.6. The van der Waals surface area contributed by atoms with Crippen LogP contribution in [-0.2, 0) is 11.2 Å². The van der Waals surface area contributed by atoms with E-state index in [0.29, 0.717) is 37.0 Å². The van der Waals surface area contributed by atoms with E-state index < -0.39 is 0 Å². The van der Waals surface area contributed by atoms with Crippen LogP contribution in [-0.4, -0.2) is 60.4 Å². The third kappa shape index (κ3) is 4.23. The summed E-state index contributed by atoms with van der Waals surface area (Å²) in [7, 11) is 0. The van der Waals surface area contributed by atoms with E-state index in [-0.39, 0.29) is 17.6 Å². The molecule has 0 aliphatic carbocycles. The number of hydrogen-bond acceptors (Lipinski definition) is 4. The second-order valence-corrected chi connectivity index (χ2v) is 9.17. The average molecular weight is 432 g/mol. The van der Waals surface area contributed by atoms with Crippen molar-refractivity contribution in [1.29, 1.82) is 5.26 Å². The van der Waals surface area contributed by atoms with Gasteiger partial charge in [-0.3, -0.25) is 0 Å². The van der Waals surface area contributed by atoms with E-state index in [4.69, 9.17) is 0 Å². The molecule has 1 N–H and O–H groups in total. The molecule has 2 bridgehead atoms. The Labute approximate surface area is 188 Å². The van der Waals surface area contributed by atoms with Crippen molar-refractivity contribution in [2.24, 2.45) is 5.92 Å². The molecule has 6 rings (SSSR count). The lowest BCUT2D eigenvalue weighted by molar-refractivity contribution is -0.444. The molecule has 5 nitrogen and oxygen atoms in total. The van der Waals surface area contributed by atoms with Crippen LogP contribution in [0.5, 0.6) is 0 Å². The molecule has 4 heterocycles.